The third kappa shape index (κ3) is 4.99. The summed E-state index contributed by atoms with van der Waals surface area (Å²) in [6, 6.07) is 2.90. The Morgan fingerprint density at radius 3 is 2.65 bits per heavy atom. The highest BCUT2D eigenvalue weighted by Gasteiger charge is 2.28. The number of esters is 1. The van der Waals surface area contributed by atoms with Gasteiger partial charge in [-0.25, -0.2) is 17.6 Å². The van der Waals surface area contributed by atoms with Gasteiger partial charge in [-0.15, -0.1) is 0 Å². The van der Waals surface area contributed by atoms with Crippen LogP contribution in [0, 0.1) is 5.82 Å². The third-order valence-electron chi connectivity index (χ3n) is 3.67. The van der Waals surface area contributed by atoms with Crippen LogP contribution in [0.1, 0.15) is 23.7 Å². The monoisotopic (exact) mass is 388 g/mol. The van der Waals surface area contributed by atoms with E-state index in [-0.39, 0.29) is 31.2 Å². The highest BCUT2D eigenvalue weighted by Crippen LogP contribution is 2.20. The number of rotatable bonds is 7. The van der Waals surface area contributed by atoms with Gasteiger partial charge in [0.1, 0.15) is 5.82 Å². The molecule has 0 spiro atoms. The number of benzene rings is 1. The first-order chi connectivity index (χ1) is 12.4. The molecular weight excluding hydrogens is 367 g/mol. The number of sulfonamides is 1. The summed E-state index contributed by atoms with van der Waals surface area (Å²) in [7, 11) is -3.88. The molecule has 1 aromatic carbocycles. The Hall–Kier alpha value is -2.04. The van der Waals surface area contributed by atoms with Gasteiger partial charge in [0.25, 0.3) is 5.91 Å². The lowest BCUT2D eigenvalue weighted by atomic mass is 10.2. The Morgan fingerprint density at radius 2 is 2.00 bits per heavy atom. The average molecular weight is 388 g/mol. The van der Waals surface area contributed by atoms with Crippen LogP contribution in [-0.2, 0) is 24.3 Å². The fourth-order valence-corrected chi connectivity index (χ4v) is 3.72. The second-order valence-corrected chi connectivity index (χ2v) is 7.52. The second kappa shape index (κ2) is 9.06. The van der Waals surface area contributed by atoms with Crippen LogP contribution in [0.3, 0.4) is 0 Å². The molecule has 0 aliphatic carbocycles. The lowest BCUT2D eigenvalue weighted by Gasteiger charge is -2.26. The van der Waals surface area contributed by atoms with Crippen LogP contribution in [0.15, 0.2) is 23.1 Å². The van der Waals surface area contributed by atoms with E-state index in [1.54, 1.807) is 0 Å². The number of carbonyl (C=O) groups excluding carboxylic acids is 2. The second-order valence-electron chi connectivity index (χ2n) is 5.58. The van der Waals surface area contributed by atoms with Gasteiger partial charge in [0.05, 0.1) is 23.7 Å². The van der Waals surface area contributed by atoms with E-state index in [1.807, 2.05) is 6.92 Å². The average Bonchev–Trinajstić information content (AvgIpc) is 2.65. The largest absolute Gasteiger partial charge is 0.452 e. The van der Waals surface area contributed by atoms with E-state index in [1.165, 1.54) is 4.31 Å². The van der Waals surface area contributed by atoms with Crippen molar-refractivity contribution in [2.24, 2.45) is 0 Å². The van der Waals surface area contributed by atoms with Crippen molar-refractivity contribution < 1.29 is 31.9 Å². The molecule has 8 nitrogen and oxygen atoms in total. The van der Waals surface area contributed by atoms with Crippen molar-refractivity contribution in [2.75, 3.05) is 39.5 Å². The molecule has 2 rings (SSSR count). The Balaban J connectivity index is 2.13. The van der Waals surface area contributed by atoms with Crippen LogP contribution in [0.25, 0.3) is 0 Å². The molecule has 0 radical (unpaired) electrons. The van der Waals surface area contributed by atoms with Gasteiger partial charge in [0, 0.05) is 19.6 Å². The van der Waals surface area contributed by atoms with Crippen LogP contribution in [0.2, 0.25) is 0 Å². The number of morpholine rings is 1. The first-order valence-electron chi connectivity index (χ1n) is 8.17. The van der Waals surface area contributed by atoms with Crippen molar-refractivity contribution in [2.45, 2.75) is 18.2 Å². The third-order valence-corrected chi connectivity index (χ3v) is 5.57. The number of halogens is 1. The molecule has 1 saturated heterocycles. The number of hydrogen-bond donors (Lipinski definition) is 1. The Morgan fingerprint density at radius 1 is 1.31 bits per heavy atom. The Bertz CT molecular complexity index is 762. The maximum atomic E-state index is 13.9. The number of amides is 1. The zero-order valence-electron chi connectivity index (χ0n) is 14.4. The molecule has 0 saturated carbocycles. The SMILES string of the molecule is CCCNC(=O)COC(=O)c1cc(S(=O)(=O)N2CCOCC2)ccc1F. The summed E-state index contributed by atoms with van der Waals surface area (Å²) in [5.41, 5.74) is -0.539. The van der Waals surface area contributed by atoms with E-state index in [9.17, 15) is 22.4 Å². The van der Waals surface area contributed by atoms with Gasteiger partial charge >= 0.3 is 5.97 Å². The lowest BCUT2D eigenvalue weighted by Crippen LogP contribution is -2.40. The minimum absolute atomic E-state index is 0.178. The molecule has 10 heteroatoms. The fourth-order valence-electron chi connectivity index (χ4n) is 2.28. The molecule has 1 aliphatic heterocycles. The van der Waals surface area contributed by atoms with Crippen molar-refractivity contribution in [1.82, 2.24) is 9.62 Å². The zero-order chi connectivity index (χ0) is 19.2. The first kappa shape index (κ1) is 20.3. The quantitative estimate of drug-likeness (QED) is 0.684. The van der Waals surface area contributed by atoms with Gasteiger partial charge in [-0.3, -0.25) is 4.79 Å². The van der Waals surface area contributed by atoms with Gasteiger partial charge in [0.15, 0.2) is 6.61 Å². The van der Waals surface area contributed by atoms with E-state index < -0.39 is 39.9 Å². The van der Waals surface area contributed by atoms with Gasteiger partial charge in [-0.05, 0) is 24.6 Å². The topological polar surface area (TPSA) is 102 Å². The van der Waals surface area contributed by atoms with E-state index in [0.717, 1.165) is 24.6 Å². The number of nitrogens with zero attached hydrogens (tertiary/aromatic N) is 1. The summed E-state index contributed by atoms with van der Waals surface area (Å²) < 4.78 is 50.2. The maximum Gasteiger partial charge on any atom is 0.341 e. The van der Waals surface area contributed by atoms with Crippen molar-refractivity contribution >= 4 is 21.9 Å². The summed E-state index contributed by atoms with van der Waals surface area (Å²) in [4.78, 5) is 23.3. The van der Waals surface area contributed by atoms with Crippen LogP contribution in [-0.4, -0.2) is 64.1 Å². The van der Waals surface area contributed by atoms with Crippen molar-refractivity contribution in [3.05, 3.63) is 29.6 Å². The molecule has 1 amide bonds. The maximum absolute atomic E-state index is 13.9. The summed E-state index contributed by atoms with van der Waals surface area (Å²) in [5.74, 6) is -2.55. The summed E-state index contributed by atoms with van der Waals surface area (Å²) in [6.45, 7) is 2.61. The van der Waals surface area contributed by atoms with E-state index in [2.05, 4.69) is 5.32 Å². The number of hydrogen-bond acceptors (Lipinski definition) is 6. The molecule has 0 bridgehead atoms. The van der Waals surface area contributed by atoms with Crippen molar-refractivity contribution in [3.63, 3.8) is 0 Å². The minimum atomic E-state index is -3.88. The number of carbonyl (C=O) groups is 2. The molecule has 0 aromatic heterocycles. The summed E-state index contributed by atoms with van der Waals surface area (Å²) >= 11 is 0. The van der Waals surface area contributed by atoms with Gasteiger partial charge in [0.2, 0.25) is 10.0 Å². The van der Waals surface area contributed by atoms with Crippen LogP contribution in [0.4, 0.5) is 4.39 Å². The van der Waals surface area contributed by atoms with Gasteiger partial charge in [-0.2, -0.15) is 4.31 Å². The zero-order valence-corrected chi connectivity index (χ0v) is 15.2. The molecule has 1 aliphatic rings. The molecule has 1 fully saturated rings. The normalized spacial score (nSPS) is 15.5. The summed E-state index contributed by atoms with van der Waals surface area (Å²) in [5, 5.41) is 2.51. The molecule has 1 N–H and O–H groups in total. The summed E-state index contributed by atoms with van der Waals surface area (Å²) in [6.07, 6.45) is 0.718. The predicted octanol–water partition coefficient (Wildman–Crippen LogP) is 0.530. The highest BCUT2D eigenvalue weighted by molar-refractivity contribution is 7.89. The molecular formula is C16H21FN2O6S. The fraction of sp³-hybridized carbons (Fsp3) is 0.500. The lowest BCUT2D eigenvalue weighted by molar-refractivity contribution is -0.124. The Labute approximate surface area is 151 Å². The van der Waals surface area contributed by atoms with E-state index in [4.69, 9.17) is 9.47 Å². The molecule has 0 unspecified atom stereocenters. The number of nitrogens with one attached hydrogen (secondary N) is 1. The van der Waals surface area contributed by atoms with Gasteiger partial charge < -0.3 is 14.8 Å². The van der Waals surface area contributed by atoms with Crippen LogP contribution in [0.5, 0.6) is 0 Å². The molecule has 144 valence electrons. The van der Waals surface area contributed by atoms with Crippen LogP contribution >= 0.6 is 0 Å². The molecule has 1 heterocycles. The van der Waals surface area contributed by atoms with Gasteiger partial charge in [-0.1, -0.05) is 6.92 Å². The minimum Gasteiger partial charge on any atom is -0.452 e. The highest BCUT2D eigenvalue weighted by atomic mass is 32.2. The smallest absolute Gasteiger partial charge is 0.341 e. The predicted molar refractivity (Wildman–Crippen MR) is 89.6 cm³/mol. The molecule has 26 heavy (non-hydrogen) atoms. The standard InChI is InChI=1S/C16H21FN2O6S/c1-2-5-18-15(20)11-25-16(21)13-10-12(3-4-14(13)17)26(22,23)19-6-8-24-9-7-19/h3-4,10H,2,5-9,11H2,1H3,(H,18,20). The number of ether oxygens (including phenoxy) is 2. The van der Waals surface area contributed by atoms with Crippen molar-refractivity contribution in [3.8, 4) is 0 Å². The van der Waals surface area contributed by atoms with E-state index >= 15 is 0 Å². The first-order valence-corrected chi connectivity index (χ1v) is 9.61. The van der Waals surface area contributed by atoms with E-state index in [0.29, 0.717) is 6.54 Å². The Kier molecular flexibility index (Phi) is 7.06. The molecule has 0 atom stereocenters. The van der Waals surface area contributed by atoms with Crippen LogP contribution < -0.4 is 5.32 Å². The van der Waals surface area contributed by atoms with Crippen molar-refractivity contribution in [1.29, 1.82) is 0 Å². The molecule has 1 aromatic rings.